The maximum absolute atomic E-state index is 6.15. The number of fused-ring (bicyclic) bond motifs is 1. The number of aromatic amines is 1. The molecular formula is C12H13ClN2S. The second kappa shape index (κ2) is 4.30. The van der Waals surface area contributed by atoms with Crippen LogP contribution in [-0.4, -0.2) is 21.7 Å². The maximum atomic E-state index is 6.15. The molecular weight excluding hydrogens is 240 g/mol. The quantitative estimate of drug-likeness (QED) is 0.836. The molecule has 3 rings (SSSR count). The first kappa shape index (κ1) is 10.5. The predicted molar refractivity (Wildman–Crippen MR) is 70.4 cm³/mol. The summed E-state index contributed by atoms with van der Waals surface area (Å²) in [6, 6.07) is 4.06. The number of H-pyrrole nitrogens is 1. The van der Waals surface area contributed by atoms with Crippen LogP contribution in [0, 0.1) is 0 Å². The normalized spacial score (nSPS) is 18.1. The van der Waals surface area contributed by atoms with Gasteiger partial charge in [0, 0.05) is 10.4 Å². The maximum Gasteiger partial charge on any atom is 0.0668 e. The van der Waals surface area contributed by atoms with Crippen molar-refractivity contribution in [2.24, 2.45) is 0 Å². The molecule has 1 fully saturated rings. The minimum Gasteiger partial charge on any atom is -0.278 e. The Balaban J connectivity index is 2.09. The Bertz CT molecular complexity index is 503. The molecule has 1 aromatic heterocycles. The van der Waals surface area contributed by atoms with E-state index in [1.165, 1.54) is 35.3 Å². The molecule has 84 valence electrons. The highest BCUT2D eigenvalue weighted by Gasteiger charge is 2.19. The number of benzene rings is 1. The Kier molecular flexibility index (Phi) is 2.82. The number of halogens is 1. The molecule has 1 N–H and O–H groups in total. The summed E-state index contributed by atoms with van der Waals surface area (Å²) in [4.78, 5) is 0. The van der Waals surface area contributed by atoms with Crippen LogP contribution >= 0.6 is 23.4 Å². The van der Waals surface area contributed by atoms with Gasteiger partial charge in [-0.15, -0.1) is 0 Å². The molecule has 1 saturated heterocycles. The first-order valence-electron chi connectivity index (χ1n) is 5.55. The van der Waals surface area contributed by atoms with Crippen molar-refractivity contribution >= 4 is 34.3 Å². The van der Waals surface area contributed by atoms with Crippen molar-refractivity contribution in [2.45, 2.75) is 18.8 Å². The monoisotopic (exact) mass is 252 g/mol. The van der Waals surface area contributed by atoms with Crippen LogP contribution < -0.4 is 0 Å². The summed E-state index contributed by atoms with van der Waals surface area (Å²) in [6.45, 7) is 0. The zero-order valence-corrected chi connectivity index (χ0v) is 10.4. The fraction of sp³-hybridized carbons (Fsp3) is 0.417. The third kappa shape index (κ3) is 1.82. The molecule has 2 aromatic rings. The molecule has 1 aromatic carbocycles. The van der Waals surface area contributed by atoms with Crippen molar-refractivity contribution in [3.05, 3.63) is 28.9 Å². The molecule has 0 amide bonds. The molecule has 1 aliphatic rings. The second-order valence-corrected chi connectivity index (χ2v) is 5.87. The van der Waals surface area contributed by atoms with Crippen molar-refractivity contribution in [3.63, 3.8) is 0 Å². The molecule has 16 heavy (non-hydrogen) atoms. The topological polar surface area (TPSA) is 28.7 Å². The van der Waals surface area contributed by atoms with E-state index in [9.17, 15) is 0 Å². The van der Waals surface area contributed by atoms with E-state index in [0.29, 0.717) is 5.92 Å². The summed E-state index contributed by atoms with van der Waals surface area (Å²) in [5.41, 5.74) is 2.43. The van der Waals surface area contributed by atoms with Gasteiger partial charge < -0.3 is 0 Å². The van der Waals surface area contributed by atoms with Gasteiger partial charge in [-0.1, -0.05) is 11.6 Å². The van der Waals surface area contributed by atoms with Gasteiger partial charge in [-0.25, -0.2) is 0 Å². The Hall–Kier alpha value is -0.670. The van der Waals surface area contributed by atoms with Crippen LogP contribution in [0.2, 0.25) is 5.02 Å². The van der Waals surface area contributed by atoms with Crippen molar-refractivity contribution in [2.75, 3.05) is 11.5 Å². The van der Waals surface area contributed by atoms with Gasteiger partial charge in [-0.3, -0.25) is 5.10 Å². The van der Waals surface area contributed by atoms with Crippen LogP contribution in [0.4, 0.5) is 0 Å². The smallest absolute Gasteiger partial charge is 0.0668 e. The Morgan fingerprint density at radius 2 is 2.12 bits per heavy atom. The number of hydrogen-bond acceptors (Lipinski definition) is 2. The third-order valence-corrected chi connectivity index (χ3v) is 4.48. The Labute approximate surface area is 104 Å². The molecule has 0 radical (unpaired) electrons. The van der Waals surface area contributed by atoms with Gasteiger partial charge in [0.1, 0.15) is 0 Å². The number of nitrogens with zero attached hydrogens (tertiary/aromatic N) is 1. The molecule has 1 aliphatic heterocycles. The minimum atomic E-state index is 0.653. The third-order valence-electron chi connectivity index (χ3n) is 3.22. The van der Waals surface area contributed by atoms with Crippen LogP contribution in [0.1, 0.15) is 24.3 Å². The van der Waals surface area contributed by atoms with Gasteiger partial charge in [-0.2, -0.15) is 16.9 Å². The first-order chi connectivity index (χ1) is 7.84. The zero-order valence-electron chi connectivity index (χ0n) is 8.87. The van der Waals surface area contributed by atoms with E-state index in [-0.39, 0.29) is 0 Å². The van der Waals surface area contributed by atoms with Crippen molar-refractivity contribution in [3.8, 4) is 0 Å². The summed E-state index contributed by atoms with van der Waals surface area (Å²) in [7, 11) is 0. The van der Waals surface area contributed by atoms with E-state index in [2.05, 4.69) is 16.3 Å². The predicted octanol–water partition coefficient (Wildman–Crippen LogP) is 3.83. The molecule has 2 heterocycles. The van der Waals surface area contributed by atoms with E-state index in [4.69, 9.17) is 11.6 Å². The number of nitrogens with one attached hydrogen (secondary N) is 1. The SMILES string of the molecule is Clc1cc(C2CCSCC2)c2cn[nH]c2c1. The lowest BCUT2D eigenvalue weighted by molar-refractivity contribution is 0.642. The molecule has 0 bridgehead atoms. The highest BCUT2D eigenvalue weighted by atomic mass is 35.5. The average Bonchev–Trinajstić information content (AvgIpc) is 2.77. The van der Waals surface area contributed by atoms with Gasteiger partial charge in [0.2, 0.25) is 0 Å². The van der Waals surface area contributed by atoms with Gasteiger partial charge in [0.15, 0.2) is 0 Å². The van der Waals surface area contributed by atoms with Crippen molar-refractivity contribution in [1.29, 1.82) is 0 Å². The lowest BCUT2D eigenvalue weighted by Gasteiger charge is -2.22. The van der Waals surface area contributed by atoms with Crippen LogP contribution in [-0.2, 0) is 0 Å². The highest BCUT2D eigenvalue weighted by molar-refractivity contribution is 7.99. The highest BCUT2D eigenvalue weighted by Crippen LogP contribution is 2.36. The van der Waals surface area contributed by atoms with Crippen molar-refractivity contribution in [1.82, 2.24) is 10.2 Å². The number of thioether (sulfide) groups is 1. The molecule has 4 heteroatoms. The number of rotatable bonds is 1. The van der Waals surface area contributed by atoms with Crippen LogP contribution in [0.25, 0.3) is 10.9 Å². The van der Waals surface area contributed by atoms with E-state index in [1.54, 1.807) is 0 Å². The first-order valence-corrected chi connectivity index (χ1v) is 7.08. The average molecular weight is 253 g/mol. The second-order valence-electron chi connectivity index (χ2n) is 4.21. The van der Waals surface area contributed by atoms with E-state index >= 15 is 0 Å². The van der Waals surface area contributed by atoms with Gasteiger partial charge in [0.05, 0.1) is 11.7 Å². The molecule has 0 atom stereocenters. The largest absolute Gasteiger partial charge is 0.278 e. The summed E-state index contributed by atoms with van der Waals surface area (Å²) in [5, 5.41) is 9.16. The zero-order chi connectivity index (χ0) is 11.0. The van der Waals surface area contributed by atoms with Gasteiger partial charge in [-0.05, 0) is 48.0 Å². The molecule has 2 nitrogen and oxygen atoms in total. The lowest BCUT2D eigenvalue weighted by atomic mass is 9.91. The summed E-state index contributed by atoms with van der Waals surface area (Å²) in [5.74, 6) is 3.17. The molecule has 0 unspecified atom stereocenters. The molecule has 0 spiro atoms. The minimum absolute atomic E-state index is 0.653. The summed E-state index contributed by atoms with van der Waals surface area (Å²) >= 11 is 8.20. The van der Waals surface area contributed by atoms with E-state index < -0.39 is 0 Å². The van der Waals surface area contributed by atoms with Crippen molar-refractivity contribution < 1.29 is 0 Å². The summed E-state index contributed by atoms with van der Waals surface area (Å²) < 4.78 is 0. The number of hydrogen-bond donors (Lipinski definition) is 1. The van der Waals surface area contributed by atoms with E-state index in [0.717, 1.165) is 10.5 Å². The van der Waals surface area contributed by atoms with Crippen LogP contribution in [0.3, 0.4) is 0 Å². The summed E-state index contributed by atoms with van der Waals surface area (Å²) in [6.07, 6.45) is 4.43. The Morgan fingerprint density at radius 3 is 2.94 bits per heavy atom. The van der Waals surface area contributed by atoms with Crippen LogP contribution in [0.15, 0.2) is 18.3 Å². The Morgan fingerprint density at radius 1 is 1.31 bits per heavy atom. The van der Waals surface area contributed by atoms with Crippen LogP contribution in [0.5, 0.6) is 0 Å². The van der Waals surface area contributed by atoms with Gasteiger partial charge in [0.25, 0.3) is 0 Å². The standard InChI is InChI=1S/C12H13ClN2S/c13-9-5-10(8-1-3-16-4-2-8)11-7-14-15-12(11)6-9/h5-8H,1-4H2,(H,14,15). The lowest BCUT2D eigenvalue weighted by Crippen LogP contribution is -2.08. The number of aromatic nitrogens is 2. The van der Waals surface area contributed by atoms with E-state index in [1.807, 2.05) is 24.0 Å². The molecule has 0 saturated carbocycles. The fourth-order valence-electron chi connectivity index (χ4n) is 2.39. The van der Waals surface area contributed by atoms with Gasteiger partial charge >= 0.3 is 0 Å². The molecule has 0 aliphatic carbocycles. The fourth-order valence-corrected chi connectivity index (χ4v) is 3.72.